The molecule has 0 radical (unpaired) electrons. The molecule has 190 valence electrons. The van der Waals surface area contributed by atoms with Crippen LogP contribution >= 0.6 is 11.8 Å². The van der Waals surface area contributed by atoms with Crippen LogP contribution in [0.1, 0.15) is 53.9 Å². The van der Waals surface area contributed by atoms with Crippen LogP contribution in [0.5, 0.6) is 0 Å². The van der Waals surface area contributed by atoms with Gasteiger partial charge in [0.2, 0.25) is 6.79 Å². The summed E-state index contributed by atoms with van der Waals surface area (Å²) in [6, 6.07) is -1.23. The van der Waals surface area contributed by atoms with E-state index in [4.69, 9.17) is 15.2 Å². The molecule has 6 atom stereocenters. The summed E-state index contributed by atoms with van der Waals surface area (Å²) in [4.78, 5) is 46.2. The number of esters is 2. The summed E-state index contributed by atoms with van der Waals surface area (Å²) in [5.74, 6) is 0.683. The summed E-state index contributed by atoms with van der Waals surface area (Å²) in [6.45, 7) is 11.2. The molecular weight excluding hydrogens is 456 g/mol. The first-order valence-electron chi connectivity index (χ1n) is 12.3. The van der Waals surface area contributed by atoms with E-state index < -0.39 is 41.0 Å². The van der Waals surface area contributed by atoms with Crippen molar-refractivity contribution in [1.29, 1.82) is 0 Å². The highest BCUT2D eigenvalue weighted by molar-refractivity contribution is 8.01. The Morgan fingerprint density at radius 2 is 1.97 bits per heavy atom. The number of nitrogens with two attached hydrogens (primary N) is 1. The van der Waals surface area contributed by atoms with Gasteiger partial charge in [0.1, 0.15) is 11.4 Å². The van der Waals surface area contributed by atoms with E-state index in [1.54, 1.807) is 37.4 Å². The van der Waals surface area contributed by atoms with Gasteiger partial charge in [-0.1, -0.05) is 6.42 Å². The molecule has 3 unspecified atom stereocenters. The SMILES string of the molecule is CC(C)(C)C(=O)OCOC(=O)[C@@H]1N2C(=O)[C@@H](N=CN3CC4CCCC(CN)C4C3)[C@H]2SC1(C)C. The fraction of sp³-hybridized carbons (Fsp3) is 0.833. The maximum absolute atomic E-state index is 13.0. The Balaban J connectivity index is 1.34. The summed E-state index contributed by atoms with van der Waals surface area (Å²) >= 11 is 1.56. The molecule has 4 fully saturated rings. The van der Waals surface area contributed by atoms with E-state index in [1.165, 1.54) is 19.3 Å². The summed E-state index contributed by atoms with van der Waals surface area (Å²) < 4.78 is 9.75. The molecule has 4 aliphatic rings. The Bertz CT molecular complexity index is 857. The molecule has 0 spiro atoms. The van der Waals surface area contributed by atoms with Gasteiger partial charge in [-0.2, -0.15) is 0 Å². The van der Waals surface area contributed by atoms with E-state index in [0.717, 1.165) is 19.6 Å². The number of carbonyl (C=O) groups is 3. The maximum Gasteiger partial charge on any atom is 0.333 e. The number of amides is 1. The van der Waals surface area contributed by atoms with Crippen molar-refractivity contribution in [2.75, 3.05) is 26.4 Å². The van der Waals surface area contributed by atoms with Crippen molar-refractivity contribution in [3.63, 3.8) is 0 Å². The summed E-state index contributed by atoms with van der Waals surface area (Å²) in [7, 11) is 0. The summed E-state index contributed by atoms with van der Waals surface area (Å²) in [6.07, 6.45) is 5.53. The van der Waals surface area contributed by atoms with Gasteiger partial charge < -0.3 is 25.0 Å². The number of carbonyl (C=O) groups excluding carboxylic acids is 3. The van der Waals surface area contributed by atoms with Crippen LogP contribution in [0.15, 0.2) is 4.99 Å². The third kappa shape index (κ3) is 4.67. The topological polar surface area (TPSA) is 115 Å². The minimum atomic E-state index is -0.741. The van der Waals surface area contributed by atoms with Gasteiger partial charge in [0, 0.05) is 17.8 Å². The first kappa shape index (κ1) is 25.3. The maximum atomic E-state index is 13.0. The van der Waals surface area contributed by atoms with Crippen molar-refractivity contribution in [3.8, 4) is 0 Å². The van der Waals surface area contributed by atoms with Gasteiger partial charge in [-0.25, -0.2) is 4.79 Å². The van der Waals surface area contributed by atoms with Crippen LogP contribution < -0.4 is 5.73 Å². The van der Waals surface area contributed by atoms with Gasteiger partial charge in [0.05, 0.1) is 11.8 Å². The molecule has 0 aromatic heterocycles. The summed E-state index contributed by atoms with van der Waals surface area (Å²) in [5, 5.41) is -0.199. The van der Waals surface area contributed by atoms with Crippen molar-refractivity contribution >= 4 is 35.9 Å². The lowest BCUT2D eigenvalue weighted by atomic mass is 9.74. The van der Waals surface area contributed by atoms with Gasteiger partial charge in [-0.15, -0.1) is 11.8 Å². The molecule has 0 aromatic rings. The van der Waals surface area contributed by atoms with Crippen LogP contribution in [0.25, 0.3) is 0 Å². The van der Waals surface area contributed by atoms with Crippen LogP contribution in [-0.2, 0) is 23.9 Å². The van der Waals surface area contributed by atoms with Crippen molar-refractivity contribution < 1.29 is 23.9 Å². The molecule has 34 heavy (non-hydrogen) atoms. The number of fused-ring (bicyclic) bond motifs is 2. The Kier molecular flexibility index (Phi) is 6.94. The molecule has 3 saturated heterocycles. The van der Waals surface area contributed by atoms with Gasteiger partial charge in [0.15, 0.2) is 6.04 Å². The molecule has 0 aromatic carbocycles. The molecule has 2 N–H and O–H groups in total. The zero-order chi connectivity index (χ0) is 24.8. The molecule has 3 heterocycles. The monoisotopic (exact) mass is 494 g/mol. The Morgan fingerprint density at radius 1 is 1.24 bits per heavy atom. The predicted octanol–water partition coefficient (Wildman–Crippen LogP) is 1.84. The number of thioether (sulfide) groups is 1. The van der Waals surface area contributed by atoms with Crippen LogP contribution in [0.3, 0.4) is 0 Å². The smallest absolute Gasteiger partial charge is 0.333 e. The Labute approximate surface area is 206 Å². The van der Waals surface area contributed by atoms with E-state index in [1.807, 2.05) is 20.2 Å². The molecule has 4 rings (SSSR count). The molecule has 3 aliphatic heterocycles. The lowest BCUT2D eigenvalue weighted by Crippen LogP contribution is -2.65. The van der Waals surface area contributed by atoms with E-state index in [9.17, 15) is 14.4 Å². The van der Waals surface area contributed by atoms with Crippen molar-refractivity contribution in [2.24, 2.45) is 33.9 Å². The number of β-lactam (4-membered cyclic amide) rings is 1. The Morgan fingerprint density at radius 3 is 2.65 bits per heavy atom. The third-order valence-corrected chi connectivity index (χ3v) is 9.17. The zero-order valence-electron chi connectivity index (χ0n) is 20.9. The molecule has 1 aliphatic carbocycles. The molecule has 1 amide bonds. The largest absolute Gasteiger partial charge is 0.427 e. The van der Waals surface area contributed by atoms with Crippen molar-refractivity contribution in [1.82, 2.24) is 9.80 Å². The second kappa shape index (κ2) is 9.33. The number of ether oxygens (including phenoxy) is 2. The second-order valence-electron chi connectivity index (χ2n) is 11.5. The highest BCUT2D eigenvalue weighted by atomic mass is 32.2. The first-order chi connectivity index (χ1) is 15.9. The molecule has 1 saturated carbocycles. The fourth-order valence-electron chi connectivity index (χ4n) is 5.73. The van der Waals surface area contributed by atoms with Crippen LogP contribution in [-0.4, -0.2) is 82.6 Å². The lowest BCUT2D eigenvalue weighted by Gasteiger charge is -2.41. The quantitative estimate of drug-likeness (QED) is 0.196. The average Bonchev–Trinajstić information content (AvgIpc) is 3.28. The number of rotatable bonds is 6. The standard InChI is InChI=1S/C24H38N4O5S/c1-23(2,3)22(31)33-13-32-21(30)18-24(4,5)34-20-17(19(29)28(18)20)26-12-27-10-15-8-6-7-14(9-25)16(15)11-27/h12,14-18,20H,6-11,13,25H2,1-5H3/t14?,15?,16?,17-,18+,20-/m1/s1. The molecule has 9 nitrogen and oxygen atoms in total. The lowest BCUT2D eigenvalue weighted by molar-refractivity contribution is -0.179. The van der Waals surface area contributed by atoms with E-state index >= 15 is 0 Å². The first-order valence-corrected chi connectivity index (χ1v) is 13.1. The van der Waals surface area contributed by atoms with Crippen LogP contribution in [0.4, 0.5) is 0 Å². The molecular formula is C24H38N4O5S. The Hall–Kier alpha value is -1.81. The van der Waals surface area contributed by atoms with Gasteiger partial charge in [0.25, 0.3) is 5.91 Å². The zero-order valence-corrected chi connectivity index (χ0v) is 21.7. The number of hydrogen-bond acceptors (Lipinski definition) is 8. The minimum absolute atomic E-state index is 0.163. The normalized spacial score (nSPS) is 34.6. The van der Waals surface area contributed by atoms with Crippen LogP contribution in [0.2, 0.25) is 0 Å². The van der Waals surface area contributed by atoms with Crippen LogP contribution in [0, 0.1) is 23.2 Å². The number of nitrogens with zero attached hydrogens (tertiary/aromatic N) is 3. The highest BCUT2D eigenvalue weighted by Gasteiger charge is 2.64. The molecule has 10 heteroatoms. The number of aliphatic imine (C=N–C) groups is 1. The average molecular weight is 495 g/mol. The van der Waals surface area contributed by atoms with Gasteiger partial charge >= 0.3 is 11.9 Å². The number of likely N-dealkylation sites (tertiary alicyclic amines) is 1. The van der Waals surface area contributed by atoms with E-state index in [2.05, 4.69) is 9.89 Å². The van der Waals surface area contributed by atoms with E-state index in [0.29, 0.717) is 17.8 Å². The highest BCUT2D eigenvalue weighted by Crippen LogP contribution is 2.52. The second-order valence-corrected chi connectivity index (χ2v) is 13.3. The minimum Gasteiger partial charge on any atom is -0.427 e. The van der Waals surface area contributed by atoms with Crippen molar-refractivity contribution in [2.45, 2.75) is 76.1 Å². The third-order valence-electron chi connectivity index (χ3n) is 7.61. The molecule has 0 bridgehead atoms. The number of hydrogen-bond donors (Lipinski definition) is 1. The summed E-state index contributed by atoms with van der Waals surface area (Å²) in [5.41, 5.74) is 5.31. The van der Waals surface area contributed by atoms with E-state index in [-0.39, 0.29) is 11.3 Å². The fourth-order valence-corrected chi connectivity index (χ4v) is 7.34. The predicted molar refractivity (Wildman–Crippen MR) is 130 cm³/mol. The van der Waals surface area contributed by atoms with Crippen molar-refractivity contribution in [3.05, 3.63) is 0 Å². The van der Waals surface area contributed by atoms with Gasteiger partial charge in [-0.05, 0) is 71.8 Å². The van der Waals surface area contributed by atoms with Gasteiger partial charge in [-0.3, -0.25) is 14.6 Å².